The van der Waals surface area contributed by atoms with E-state index < -0.39 is 17.8 Å². The molecular weight excluding hydrogens is 261 g/mol. The first-order chi connectivity index (χ1) is 8.91. The second-order valence-electron chi connectivity index (χ2n) is 3.96. The van der Waals surface area contributed by atoms with Gasteiger partial charge in [-0.05, 0) is 30.7 Å². The van der Waals surface area contributed by atoms with Gasteiger partial charge in [0.15, 0.2) is 0 Å². The Morgan fingerprint density at radius 2 is 1.89 bits per heavy atom. The van der Waals surface area contributed by atoms with E-state index in [1.54, 1.807) is 6.92 Å². The number of halogens is 3. The van der Waals surface area contributed by atoms with Crippen molar-refractivity contribution >= 4 is 0 Å². The van der Waals surface area contributed by atoms with Gasteiger partial charge < -0.3 is 9.63 Å². The van der Waals surface area contributed by atoms with Crippen molar-refractivity contribution in [3.05, 3.63) is 35.7 Å². The molecule has 1 atom stereocenters. The summed E-state index contributed by atoms with van der Waals surface area (Å²) in [6.45, 7) is 1.75. The van der Waals surface area contributed by atoms with Crippen molar-refractivity contribution < 1.29 is 22.8 Å². The molecule has 4 nitrogen and oxygen atoms in total. The first kappa shape index (κ1) is 13.5. The summed E-state index contributed by atoms with van der Waals surface area (Å²) >= 11 is 0. The minimum Gasteiger partial charge on any atom is -0.385 e. The Hall–Kier alpha value is -1.89. The lowest BCUT2D eigenvalue weighted by atomic mass is 10.1. The van der Waals surface area contributed by atoms with E-state index in [9.17, 15) is 18.3 Å². The minimum absolute atomic E-state index is 0.0798. The first-order valence-corrected chi connectivity index (χ1v) is 5.61. The third-order valence-corrected chi connectivity index (χ3v) is 2.59. The topological polar surface area (TPSA) is 59.2 Å². The van der Waals surface area contributed by atoms with Gasteiger partial charge in [0.2, 0.25) is 5.82 Å². The van der Waals surface area contributed by atoms with E-state index in [4.69, 9.17) is 4.52 Å². The van der Waals surface area contributed by atoms with Crippen LogP contribution in [0.4, 0.5) is 13.2 Å². The van der Waals surface area contributed by atoms with E-state index in [-0.39, 0.29) is 11.7 Å². The Bertz CT molecular complexity index is 549. The quantitative estimate of drug-likeness (QED) is 0.932. The minimum atomic E-state index is -4.38. The number of nitrogens with zero attached hydrogens (tertiary/aromatic N) is 2. The molecule has 1 N–H and O–H groups in total. The van der Waals surface area contributed by atoms with Crippen LogP contribution in [0.2, 0.25) is 0 Å². The number of aliphatic hydroxyl groups excluding tert-OH is 1. The van der Waals surface area contributed by atoms with Crippen molar-refractivity contribution in [1.29, 1.82) is 0 Å². The second-order valence-corrected chi connectivity index (χ2v) is 3.96. The molecule has 1 aromatic carbocycles. The summed E-state index contributed by atoms with van der Waals surface area (Å²) in [6.07, 6.45) is -4.80. The van der Waals surface area contributed by atoms with Crippen molar-refractivity contribution in [2.75, 3.05) is 0 Å². The van der Waals surface area contributed by atoms with Gasteiger partial charge in [0.25, 0.3) is 5.89 Å². The predicted molar refractivity (Wildman–Crippen MR) is 60.0 cm³/mol. The van der Waals surface area contributed by atoms with Gasteiger partial charge in [-0.3, -0.25) is 0 Å². The summed E-state index contributed by atoms with van der Waals surface area (Å²) in [5.41, 5.74) is -0.375. The number of alkyl halides is 3. The van der Waals surface area contributed by atoms with Crippen LogP contribution in [0.3, 0.4) is 0 Å². The van der Waals surface area contributed by atoms with Crippen LogP contribution in [0.25, 0.3) is 11.5 Å². The number of hydrogen-bond acceptors (Lipinski definition) is 4. The van der Waals surface area contributed by atoms with E-state index >= 15 is 0 Å². The SMILES string of the molecule is CCC(O)c1noc(-c2ccc(C(F)(F)F)cc2)n1. The van der Waals surface area contributed by atoms with Crippen LogP contribution in [-0.4, -0.2) is 15.2 Å². The molecule has 0 fully saturated rings. The Morgan fingerprint density at radius 1 is 1.26 bits per heavy atom. The molecule has 0 spiro atoms. The van der Waals surface area contributed by atoms with Gasteiger partial charge in [-0.25, -0.2) is 0 Å². The molecule has 0 saturated carbocycles. The molecule has 0 saturated heterocycles. The van der Waals surface area contributed by atoms with Gasteiger partial charge in [0.1, 0.15) is 6.10 Å². The van der Waals surface area contributed by atoms with E-state index in [1.165, 1.54) is 12.1 Å². The van der Waals surface area contributed by atoms with Gasteiger partial charge in [-0.15, -0.1) is 0 Å². The zero-order valence-corrected chi connectivity index (χ0v) is 9.98. The van der Waals surface area contributed by atoms with Crippen molar-refractivity contribution in [1.82, 2.24) is 10.1 Å². The number of rotatable bonds is 3. The fourth-order valence-corrected chi connectivity index (χ4v) is 1.47. The summed E-state index contributed by atoms with van der Waals surface area (Å²) in [4.78, 5) is 3.93. The predicted octanol–water partition coefficient (Wildman–Crippen LogP) is 3.20. The lowest BCUT2D eigenvalue weighted by Gasteiger charge is -2.05. The average molecular weight is 272 g/mol. The van der Waals surface area contributed by atoms with Crippen LogP contribution in [-0.2, 0) is 6.18 Å². The number of aromatic nitrogens is 2. The highest BCUT2D eigenvalue weighted by Crippen LogP contribution is 2.30. The molecule has 2 aromatic rings. The first-order valence-electron chi connectivity index (χ1n) is 5.61. The van der Waals surface area contributed by atoms with E-state index in [0.717, 1.165) is 12.1 Å². The fraction of sp³-hybridized carbons (Fsp3) is 0.333. The summed E-state index contributed by atoms with van der Waals surface area (Å²) in [6, 6.07) is 4.38. The smallest absolute Gasteiger partial charge is 0.385 e. The highest BCUT2D eigenvalue weighted by Gasteiger charge is 2.30. The molecule has 0 aliphatic carbocycles. The molecule has 19 heavy (non-hydrogen) atoms. The van der Waals surface area contributed by atoms with Crippen LogP contribution in [0.15, 0.2) is 28.8 Å². The lowest BCUT2D eigenvalue weighted by Crippen LogP contribution is -2.04. The average Bonchev–Trinajstić information content (AvgIpc) is 2.86. The highest BCUT2D eigenvalue weighted by atomic mass is 19.4. The Balaban J connectivity index is 2.25. The van der Waals surface area contributed by atoms with Crippen molar-refractivity contribution in [2.45, 2.75) is 25.6 Å². The molecular formula is C12H11F3N2O2. The van der Waals surface area contributed by atoms with Crippen LogP contribution >= 0.6 is 0 Å². The van der Waals surface area contributed by atoms with Crippen LogP contribution in [0.1, 0.15) is 30.8 Å². The zero-order valence-electron chi connectivity index (χ0n) is 9.98. The van der Waals surface area contributed by atoms with Crippen molar-refractivity contribution in [3.63, 3.8) is 0 Å². The van der Waals surface area contributed by atoms with Crippen LogP contribution < -0.4 is 0 Å². The number of aliphatic hydroxyl groups is 1. The van der Waals surface area contributed by atoms with E-state index in [1.807, 2.05) is 0 Å². The molecule has 0 aliphatic rings. The normalized spacial score (nSPS) is 13.5. The maximum Gasteiger partial charge on any atom is 0.416 e. The molecule has 0 aliphatic heterocycles. The molecule has 7 heteroatoms. The molecule has 0 amide bonds. The largest absolute Gasteiger partial charge is 0.416 e. The molecule has 1 heterocycles. The third kappa shape index (κ3) is 2.93. The van der Waals surface area contributed by atoms with Gasteiger partial charge >= 0.3 is 6.18 Å². The third-order valence-electron chi connectivity index (χ3n) is 2.59. The Labute approximate surface area is 106 Å². The molecule has 1 aromatic heterocycles. The number of benzene rings is 1. The summed E-state index contributed by atoms with van der Waals surface area (Å²) in [5.74, 6) is 0.202. The standard InChI is InChI=1S/C12H11F3N2O2/c1-2-9(18)10-16-11(19-17-10)7-3-5-8(6-4-7)12(13,14)15/h3-6,9,18H,2H2,1H3. The lowest BCUT2D eigenvalue weighted by molar-refractivity contribution is -0.137. The Kier molecular flexibility index (Phi) is 3.57. The van der Waals surface area contributed by atoms with Gasteiger partial charge in [0.05, 0.1) is 5.56 Å². The van der Waals surface area contributed by atoms with Crippen molar-refractivity contribution in [3.8, 4) is 11.5 Å². The van der Waals surface area contributed by atoms with E-state index in [2.05, 4.69) is 10.1 Å². The fourth-order valence-electron chi connectivity index (χ4n) is 1.47. The summed E-state index contributed by atoms with van der Waals surface area (Å²) in [7, 11) is 0. The highest BCUT2D eigenvalue weighted by molar-refractivity contribution is 5.53. The summed E-state index contributed by atoms with van der Waals surface area (Å²) in [5, 5.41) is 13.1. The van der Waals surface area contributed by atoms with E-state index in [0.29, 0.717) is 12.0 Å². The molecule has 2 rings (SSSR count). The van der Waals surface area contributed by atoms with Gasteiger partial charge in [-0.2, -0.15) is 18.2 Å². The van der Waals surface area contributed by atoms with Crippen LogP contribution in [0.5, 0.6) is 0 Å². The van der Waals surface area contributed by atoms with Crippen molar-refractivity contribution in [2.24, 2.45) is 0 Å². The maximum atomic E-state index is 12.4. The second kappa shape index (κ2) is 5.00. The maximum absolute atomic E-state index is 12.4. The van der Waals surface area contributed by atoms with Gasteiger partial charge in [0, 0.05) is 5.56 Å². The van der Waals surface area contributed by atoms with Gasteiger partial charge in [-0.1, -0.05) is 12.1 Å². The van der Waals surface area contributed by atoms with Crippen LogP contribution in [0, 0.1) is 0 Å². The summed E-state index contributed by atoms with van der Waals surface area (Å²) < 4.78 is 42.1. The molecule has 1 unspecified atom stereocenters. The molecule has 102 valence electrons. The molecule has 0 bridgehead atoms. The Morgan fingerprint density at radius 3 is 2.42 bits per heavy atom. The molecule has 0 radical (unpaired) electrons. The monoisotopic (exact) mass is 272 g/mol. The number of hydrogen-bond donors (Lipinski definition) is 1. The zero-order chi connectivity index (χ0) is 14.0.